The molecule has 7 nitrogen and oxygen atoms in total. The van der Waals surface area contributed by atoms with Crippen LogP contribution < -0.4 is 10.1 Å². The predicted octanol–water partition coefficient (Wildman–Crippen LogP) is 1.85. The Morgan fingerprint density at radius 2 is 2.19 bits per heavy atom. The monoisotopic (exact) mass is 365 g/mol. The number of nitrogens with zero attached hydrogens (tertiary/aromatic N) is 2. The molecule has 1 unspecified atom stereocenters. The summed E-state index contributed by atoms with van der Waals surface area (Å²) < 4.78 is 15.9. The van der Waals surface area contributed by atoms with Crippen molar-refractivity contribution in [1.29, 1.82) is 0 Å². The van der Waals surface area contributed by atoms with E-state index in [0.29, 0.717) is 31.4 Å². The maximum Gasteiger partial charge on any atom is 0.194 e. The van der Waals surface area contributed by atoms with Crippen molar-refractivity contribution in [1.82, 2.24) is 10.2 Å². The van der Waals surface area contributed by atoms with Gasteiger partial charge in [-0.2, -0.15) is 0 Å². The normalized spacial score (nSPS) is 17.6. The third-order valence-corrected chi connectivity index (χ3v) is 4.39. The Balaban J connectivity index is 1.94. The van der Waals surface area contributed by atoms with Crippen LogP contribution in [0.15, 0.2) is 23.2 Å². The molecule has 0 amide bonds. The van der Waals surface area contributed by atoms with E-state index in [0.717, 1.165) is 44.2 Å². The highest BCUT2D eigenvalue weighted by Crippen LogP contribution is 2.24. The number of likely N-dealkylation sites (tertiary alicyclic amines) is 1. The average Bonchev–Trinajstić information content (AvgIpc) is 3.12. The summed E-state index contributed by atoms with van der Waals surface area (Å²) in [6.07, 6.45) is 1.09. The highest BCUT2D eigenvalue weighted by Gasteiger charge is 2.25. The summed E-state index contributed by atoms with van der Waals surface area (Å²) in [5.74, 6) is 2.32. The van der Waals surface area contributed by atoms with E-state index in [9.17, 15) is 5.11 Å². The second-order valence-electron chi connectivity index (χ2n) is 6.33. The van der Waals surface area contributed by atoms with Crippen molar-refractivity contribution < 1.29 is 19.3 Å². The third kappa shape index (κ3) is 6.07. The number of benzene rings is 1. The first-order valence-electron chi connectivity index (χ1n) is 9.13. The minimum Gasteiger partial charge on any atom is -0.508 e. The van der Waals surface area contributed by atoms with Gasteiger partial charge in [-0.25, -0.2) is 4.99 Å². The van der Waals surface area contributed by atoms with E-state index >= 15 is 0 Å². The zero-order chi connectivity index (χ0) is 18.8. The zero-order valence-electron chi connectivity index (χ0n) is 16.0. The Morgan fingerprint density at radius 1 is 1.35 bits per heavy atom. The molecule has 26 heavy (non-hydrogen) atoms. The van der Waals surface area contributed by atoms with Gasteiger partial charge in [-0.05, 0) is 31.5 Å². The van der Waals surface area contributed by atoms with Crippen LogP contribution in [0.1, 0.15) is 18.9 Å². The molecule has 1 heterocycles. The Hall–Kier alpha value is -1.99. The van der Waals surface area contributed by atoms with Crippen LogP contribution in [0, 0.1) is 5.92 Å². The minimum atomic E-state index is 0.233. The van der Waals surface area contributed by atoms with Crippen LogP contribution in [0.4, 0.5) is 0 Å². The summed E-state index contributed by atoms with van der Waals surface area (Å²) in [4.78, 5) is 6.96. The average molecular weight is 365 g/mol. The van der Waals surface area contributed by atoms with E-state index in [4.69, 9.17) is 19.2 Å². The summed E-state index contributed by atoms with van der Waals surface area (Å²) in [5, 5.41) is 13.4. The van der Waals surface area contributed by atoms with E-state index in [1.165, 1.54) is 0 Å². The van der Waals surface area contributed by atoms with E-state index in [-0.39, 0.29) is 5.75 Å². The second-order valence-corrected chi connectivity index (χ2v) is 6.33. The molecule has 1 saturated heterocycles. The lowest BCUT2D eigenvalue weighted by Crippen LogP contribution is -2.40. The van der Waals surface area contributed by atoms with Gasteiger partial charge in [0.15, 0.2) is 5.96 Å². The molecule has 1 atom stereocenters. The smallest absolute Gasteiger partial charge is 0.194 e. The fraction of sp³-hybridized carbons (Fsp3) is 0.632. The highest BCUT2D eigenvalue weighted by atomic mass is 16.5. The molecule has 1 aromatic rings. The van der Waals surface area contributed by atoms with Gasteiger partial charge in [0.25, 0.3) is 0 Å². The van der Waals surface area contributed by atoms with Crippen LogP contribution in [0.3, 0.4) is 0 Å². The van der Waals surface area contributed by atoms with Gasteiger partial charge >= 0.3 is 0 Å². The van der Waals surface area contributed by atoms with Crippen LogP contribution in [0.2, 0.25) is 0 Å². The maximum absolute atomic E-state index is 10.0. The lowest BCUT2D eigenvalue weighted by molar-refractivity contribution is 0.0536. The molecule has 2 N–H and O–H groups in total. The minimum absolute atomic E-state index is 0.233. The number of phenolic OH excluding ortho intramolecular Hbond substituents is 1. The number of methoxy groups -OCH3 is 2. The lowest BCUT2D eigenvalue weighted by atomic mass is 10.1. The number of guanidine groups is 1. The maximum atomic E-state index is 10.0. The summed E-state index contributed by atoms with van der Waals surface area (Å²) in [6, 6.07) is 5.20. The largest absolute Gasteiger partial charge is 0.508 e. The van der Waals surface area contributed by atoms with Gasteiger partial charge in [-0.1, -0.05) is 0 Å². The number of aliphatic imine (C=N–C) groups is 1. The standard InChI is InChI=1S/C19H31N3O4/c1-4-20-19(21-12-16-11-17(25-3)5-6-18(16)23)22-8-7-15(13-22)14-26-10-9-24-2/h5-6,11,15,23H,4,7-10,12-14H2,1-3H3,(H,20,21). The van der Waals surface area contributed by atoms with E-state index in [1.54, 1.807) is 26.4 Å². The van der Waals surface area contributed by atoms with Gasteiger partial charge in [0.1, 0.15) is 11.5 Å². The first-order chi connectivity index (χ1) is 12.7. The fourth-order valence-electron chi connectivity index (χ4n) is 2.95. The molecule has 7 heteroatoms. The van der Waals surface area contributed by atoms with Gasteiger partial charge < -0.3 is 29.5 Å². The van der Waals surface area contributed by atoms with E-state index in [2.05, 4.69) is 17.1 Å². The molecule has 146 valence electrons. The van der Waals surface area contributed by atoms with Crippen LogP contribution in [0.5, 0.6) is 11.5 Å². The van der Waals surface area contributed by atoms with Gasteiger partial charge in [0.2, 0.25) is 0 Å². The summed E-state index contributed by atoms with van der Waals surface area (Å²) in [6.45, 7) is 7.14. The molecule has 1 aromatic carbocycles. The van der Waals surface area contributed by atoms with Crippen LogP contribution in [0.25, 0.3) is 0 Å². The van der Waals surface area contributed by atoms with E-state index < -0.39 is 0 Å². The first kappa shape index (κ1) is 20.3. The predicted molar refractivity (Wildman–Crippen MR) is 102 cm³/mol. The van der Waals surface area contributed by atoms with Crippen molar-refractivity contribution in [3.8, 4) is 11.5 Å². The molecule has 0 aliphatic carbocycles. The summed E-state index contributed by atoms with van der Waals surface area (Å²) in [5.41, 5.74) is 0.749. The second kappa shape index (κ2) is 10.9. The van der Waals surface area contributed by atoms with Crippen molar-refractivity contribution >= 4 is 5.96 Å². The topological polar surface area (TPSA) is 75.6 Å². The van der Waals surface area contributed by atoms with Gasteiger partial charge in [0, 0.05) is 38.2 Å². The Bertz CT molecular complexity index is 580. The van der Waals surface area contributed by atoms with Gasteiger partial charge in [-0.3, -0.25) is 0 Å². The molecule has 2 rings (SSSR count). The molecule has 1 fully saturated rings. The first-order valence-corrected chi connectivity index (χ1v) is 9.13. The van der Waals surface area contributed by atoms with Crippen LogP contribution >= 0.6 is 0 Å². The Kier molecular flexibility index (Phi) is 8.50. The van der Waals surface area contributed by atoms with Crippen molar-refractivity contribution in [2.45, 2.75) is 19.9 Å². The molecule has 0 spiro atoms. The van der Waals surface area contributed by atoms with Gasteiger partial charge in [-0.15, -0.1) is 0 Å². The number of hydrogen-bond donors (Lipinski definition) is 2. The van der Waals surface area contributed by atoms with Crippen LogP contribution in [-0.2, 0) is 16.0 Å². The Morgan fingerprint density at radius 3 is 2.92 bits per heavy atom. The molecule has 0 radical (unpaired) electrons. The highest BCUT2D eigenvalue weighted by molar-refractivity contribution is 5.80. The zero-order valence-corrected chi connectivity index (χ0v) is 16.0. The van der Waals surface area contributed by atoms with Crippen molar-refractivity contribution in [2.75, 3.05) is 53.7 Å². The van der Waals surface area contributed by atoms with Crippen molar-refractivity contribution in [3.63, 3.8) is 0 Å². The van der Waals surface area contributed by atoms with Crippen molar-refractivity contribution in [2.24, 2.45) is 10.9 Å². The number of nitrogens with one attached hydrogen (secondary N) is 1. The lowest BCUT2D eigenvalue weighted by Gasteiger charge is -2.22. The molecule has 1 aliphatic heterocycles. The molecular weight excluding hydrogens is 334 g/mol. The quantitative estimate of drug-likeness (QED) is 0.395. The number of aromatic hydroxyl groups is 1. The number of phenols is 1. The van der Waals surface area contributed by atoms with E-state index in [1.807, 2.05) is 6.07 Å². The summed E-state index contributed by atoms with van der Waals surface area (Å²) in [7, 11) is 3.29. The Labute approximate surface area is 156 Å². The van der Waals surface area contributed by atoms with Gasteiger partial charge in [0.05, 0.1) is 33.5 Å². The SMILES string of the molecule is CCNC(=NCc1cc(OC)ccc1O)N1CCC(COCCOC)C1. The fourth-order valence-corrected chi connectivity index (χ4v) is 2.95. The number of hydrogen-bond acceptors (Lipinski definition) is 5. The molecule has 0 aromatic heterocycles. The van der Waals surface area contributed by atoms with Crippen LogP contribution in [-0.4, -0.2) is 69.6 Å². The number of rotatable bonds is 9. The summed E-state index contributed by atoms with van der Waals surface area (Å²) >= 11 is 0. The molecule has 1 aliphatic rings. The molecule has 0 saturated carbocycles. The third-order valence-electron chi connectivity index (χ3n) is 4.39. The molecule has 0 bridgehead atoms. The number of ether oxygens (including phenoxy) is 3. The van der Waals surface area contributed by atoms with Crippen molar-refractivity contribution in [3.05, 3.63) is 23.8 Å². The molecular formula is C19H31N3O4.